The van der Waals surface area contributed by atoms with E-state index in [1.165, 1.54) is 48.5 Å². The van der Waals surface area contributed by atoms with Gasteiger partial charge in [-0.25, -0.2) is 25.6 Å². The maximum absolute atomic E-state index is 14.3. The fourth-order valence-electron chi connectivity index (χ4n) is 10.3. The second-order valence-corrected chi connectivity index (χ2v) is 24.2. The van der Waals surface area contributed by atoms with Crippen LogP contribution >= 0.6 is 0 Å². The average Bonchev–Trinajstić information content (AvgIpc) is 3.59. The molecule has 2 aliphatic carbocycles. The predicted octanol–water partition coefficient (Wildman–Crippen LogP) is 13.9. The summed E-state index contributed by atoms with van der Waals surface area (Å²) in [5, 5.41) is 0. The molecule has 2 saturated carbocycles. The van der Waals surface area contributed by atoms with Gasteiger partial charge in [-0.15, -0.1) is 0 Å². The summed E-state index contributed by atoms with van der Waals surface area (Å²) in [5.74, 6) is -1.34. The van der Waals surface area contributed by atoms with E-state index in [0.717, 1.165) is 72.8 Å². The molecule has 6 aromatic rings. The van der Waals surface area contributed by atoms with Crippen molar-refractivity contribution < 1.29 is 87.8 Å². The van der Waals surface area contributed by atoms with Crippen LogP contribution in [0.3, 0.4) is 0 Å². The number of hydrogen-bond acceptors (Lipinski definition) is 8. The number of halogens is 14. The molecule has 0 radical (unpaired) electrons. The molecule has 0 bridgehead atoms. The minimum Gasteiger partial charge on any atom is -0.349 e. The Kier molecular flexibility index (Phi) is 17.8. The third-order valence-electron chi connectivity index (χ3n) is 14.8. The Hall–Kier alpha value is -5.92. The number of benzene rings is 6. The van der Waals surface area contributed by atoms with Crippen LogP contribution in [0.4, 0.5) is 61.5 Å². The van der Waals surface area contributed by atoms with Crippen molar-refractivity contribution in [2.75, 3.05) is 0 Å². The highest BCUT2D eigenvalue weighted by Gasteiger charge is 2.74. The largest absolute Gasteiger partial charge is 0.430 e. The number of sulfone groups is 2. The van der Waals surface area contributed by atoms with Gasteiger partial charge in [0.1, 0.15) is 21.1 Å². The van der Waals surface area contributed by atoms with Gasteiger partial charge < -0.3 is 20.9 Å². The molecular formula is C56H52F14N2O6S2. The first kappa shape index (κ1) is 61.7. The van der Waals surface area contributed by atoms with E-state index in [0.29, 0.717) is 24.3 Å². The number of rotatable bonds is 14. The van der Waals surface area contributed by atoms with E-state index in [4.69, 9.17) is 11.5 Å². The Labute approximate surface area is 451 Å². The molecule has 4 N–H and O–H groups in total. The van der Waals surface area contributed by atoms with Gasteiger partial charge in [-0.3, -0.25) is 0 Å². The van der Waals surface area contributed by atoms with Gasteiger partial charge in [0.25, 0.3) is 11.2 Å². The molecule has 0 unspecified atom stereocenters. The first-order valence-electron chi connectivity index (χ1n) is 24.6. The summed E-state index contributed by atoms with van der Waals surface area (Å²) in [6, 6.07) is 28.0. The topological polar surface area (TPSA) is 139 Å². The molecule has 8 rings (SSSR count). The molecule has 0 spiro atoms. The molecule has 2 fully saturated rings. The van der Waals surface area contributed by atoms with Crippen LogP contribution in [0.25, 0.3) is 0 Å². The highest BCUT2D eigenvalue weighted by molar-refractivity contribution is 7.92. The summed E-state index contributed by atoms with van der Waals surface area (Å²) in [6.07, 6.45) is -22.7. The van der Waals surface area contributed by atoms with Gasteiger partial charge >= 0.3 is 24.7 Å². The standard InChI is InChI=1S/2C28H26F7NO3S/c2*29-22-10-12-24(13-11-22)40(37,38)25(16-14-23(36)15-17-25)20-6-8-21(9-7-20)26(27(30,31)32,28(33,34)35)39-18-19-4-2-1-3-5-19/h2*1-13,23H,14-18,36H2. The lowest BCUT2D eigenvalue weighted by atomic mass is 9.80. The molecule has 6 aromatic carbocycles. The quantitative estimate of drug-likeness (QED) is 0.0812. The van der Waals surface area contributed by atoms with Gasteiger partial charge in [0.15, 0.2) is 19.7 Å². The molecular weight excluding hydrogens is 1130 g/mol. The van der Waals surface area contributed by atoms with Crippen molar-refractivity contribution in [2.45, 2.75) is 132 Å². The number of alkyl halides is 12. The van der Waals surface area contributed by atoms with Crippen LogP contribution in [0, 0.1) is 11.6 Å². The average molecular weight is 1180 g/mol. The molecule has 80 heavy (non-hydrogen) atoms. The van der Waals surface area contributed by atoms with E-state index in [-0.39, 0.29) is 95.5 Å². The summed E-state index contributed by atoms with van der Waals surface area (Å²) >= 11 is 0. The number of nitrogens with two attached hydrogens (primary N) is 2. The molecule has 0 atom stereocenters. The van der Waals surface area contributed by atoms with Crippen molar-refractivity contribution in [3.05, 3.63) is 203 Å². The van der Waals surface area contributed by atoms with Crippen molar-refractivity contribution in [1.82, 2.24) is 0 Å². The van der Waals surface area contributed by atoms with Crippen LogP contribution in [0.2, 0.25) is 0 Å². The maximum atomic E-state index is 14.3. The summed E-state index contributed by atoms with van der Waals surface area (Å²) in [6.45, 7) is -1.97. The van der Waals surface area contributed by atoms with E-state index in [1.807, 2.05) is 0 Å². The van der Waals surface area contributed by atoms with Crippen molar-refractivity contribution in [3.63, 3.8) is 0 Å². The molecule has 0 saturated heterocycles. The van der Waals surface area contributed by atoms with Gasteiger partial charge in [-0.05, 0) is 122 Å². The van der Waals surface area contributed by atoms with Gasteiger partial charge in [0.2, 0.25) is 0 Å². The smallest absolute Gasteiger partial charge is 0.349 e. The van der Waals surface area contributed by atoms with Crippen LogP contribution in [0.5, 0.6) is 0 Å². The Bertz CT molecular complexity index is 2990. The van der Waals surface area contributed by atoms with Crippen molar-refractivity contribution in [2.24, 2.45) is 11.5 Å². The molecule has 0 aromatic heterocycles. The zero-order valence-corrected chi connectivity index (χ0v) is 43.6. The van der Waals surface area contributed by atoms with E-state index < -0.39 is 101 Å². The van der Waals surface area contributed by atoms with E-state index in [1.54, 1.807) is 12.1 Å². The molecule has 2 aliphatic rings. The fourth-order valence-corrected chi connectivity index (χ4v) is 14.7. The minimum absolute atomic E-state index is 0.00813. The zero-order valence-electron chi connectivity index (χ0n) is 41.9. The lowest BCUT2D eigenvalue weighted by Crippen LogP contribution is -2.55. The summed E-state index contributed by atoms with van der Waals surface area (Å²) in [7, 11) is -8.53. The molecule has 0 amide bonds. The van der Waals surface area contributed by atoms with E-state index in [2.05, 4.69) is 9.47 Å². The van der Waals surface area contributed by atoms with Crippen LogP contribution < -0.4 is 11.5 Å². The number of ether oxygens (including phenoxy) is 2. The predicted molar refractivity (Wildman–Crippen MR) is 266 cm³/mol. The Morgan fingerprint density at radius 3 is 0.912 bits per heavy atom. The van der Waals surface area contributed by atoms with Gasteiger partial charge in [-0.2, -0.15) is 52.7 Å². The van der Waals surface area contributed by atoms with E-state index in [9.17, 15) is 78.3 Å². The molecule has 432 valence electrons. The molecule has 8 nitrogen and oxygen atoms in total. The van der Waals surface area contributed by atoms with E-state index >= 15 is 0 Å². The normalized spacial score (nSPS) is 20.9. The number of hydrogen-bond donors (Lipinski definition) is 2. The van der Waals surface area contributed by atoms with Crippen LogP contribution in [0.15, 0.2) is 168 Å². The first-order valence-corrected chi connectivity index (χ1v) is 27.6. The SMILES string of the molecule is NC1CCC(c2ccc(C(OCc3ccccc3)(C(F)(F)F)C(F)(F)F)cc2)(S(=O)(=O)c2ccc(F)cc2)CC1.NC1CCC(c2ccc(C(OCc3ccccc3)(C(F)(F)F)C(F)(F)F)cc2)(S(=O)(=O)c2ccc(F)cc2)CC1. The van der Waals surface area contributed by atoms with Crippen LogP contribution in [-0.2, 0) is 63.1 Å². The van der Waals surface area contributed by atoms with Crippen LogP contribution in [0.1, 0.15) is 84.7 Å². The monoisotopic (exact) mass is 1180 g/mol. The highest BCUT2D eigenvalue weighted by atomic mass is 32.2. The Morgan fingerprint density at radius 1 is 0.400 bits per heavy atom. The lowest BCUT2D eigenvalue weighted by Gasteiger charge is -2.40. The lowest BCUT2D eigenvalue weighted by molar-refractivity contribution is -0.393. The second-order valence-electron chi connectivity index (χ2n) is 19.6. The Balaban J connectivity index is 0.000000231. The van der Waals surface area contributed by atoms with Crippen molar-refractivity contribution in [1.29, 1.82) is 0 Å². The van der Waals surface area contributed by atoms with Gasteiger partial charge in [-0.1, -0.05) is 109 Å². The summed E-state index contributed by atoms with van der Waals surface area (Å²) < 4.78 is 260. The Morgan fingerprint density at radius 2 is 0.662 bits per heavy atom. The first-order chi connectivity index (χ1) is 37.3. The van der Waals surface area contributed by atoms with Crippen LogP contribution in [-0.4, -0.2) is 53.6 Å². The van der Waals surface area contributed by atoms with Gasteiger partial charge in [0.05, 0.1) is 23.0 Å². The molecule has 0 aliphatic heterocycles. The molecule has 0 heterocycles. The molecule has 24 heteroatoms. The van der Waals surface area contributed by atoms with Crippen molar-refractivity contribution >= 4 is 19.7 Å². The second kappa shape index (κ2) is 23.1. The third-order valence-corrected chi connectivity index (χ3v) is 19.9. The fraction of sp³-hybridized carbons (Fsp3) is 0.357. The third kappa shape index (κ3) is 11.7. The van der Waals surface area contributed by atoms with Gasteiger partial charge in [0, 0.05) is 23.2 Å². The van der Waals surface area contributed by atoms with Crippen molar-refractivity contribution in [3.8, 4) is 0 Å². The zero-order chi connectivity index (χ0) is 58.8. The maximum Gasteiger partial charge on any atom is 0.430 e. The summed E-state index contributed by atoms with van der Waals surface area (Å²) in [5.41, 5.74) is 0.345. The minimum atomic E-state index is -5.91. The highest BCUT2D eigenvalue weighted by Crippen LogP contribution is 2.56. The summed E-state index contributed by atoms with van der Waals surface area (Å²) in [4.78, 5) is -0.445.